The summed E-state index contributed by atoms with van der Waals surface area (Å²) in [4.78, 5) is 12.7. The Bertz CT molecular complexity index is 1010. The molecule has 0 bridgehead atoms. The zero-order chi connectivity index (χ0) is 22.1. The van der Waals surface area contributed by atoms with E-state index < -0.39 is 0 Å². The van der Waals surface area contributed by atoms with Crippen molar-refractivity contribution in [1.82, 2.24) is 0 Å². The Morgan fingerprint density at radius 3 is 2.45 bits per heavy atom. The van der Waals surface area contributed by atoms with Crippen molar-refractivity contribution < 1.29 is 14.3 Å². The molecule has 1 amide bonds. The summed E-state index contributed by atoms with van der Waals surface area (Å²) in [6.07, 6.45) is 0.181. The lowest BCUT2D eigenvalue weighted by atomic mass is 10.1. The SMILES string of the molecule is CCOCCOc1cccc(NC(=O)Cc2ccccc2Nc2c(Cl)cccc2Cl)c1. The predicted molar refractivity (Wildman–Crippen MR) is 127 cm³/mol. The molecule has 7 heteroatoms. The van der Waals surface area contributed by atoms with Gasteiger partial charge in [-0.25, -0.2) is 0 Å². The van der Waals surface area contributed by atoms with E-state index in [-0.39, 0.29) is 12.3 Å². The maximum absolute atomic E-state index is 12.7. The van der Waals surface area contributed by atoms with Crippen LogP contribution in [-0.4, -0.2) is 25.7 Å². The van der Waals surface area contributed by atoms with Crippen molar-refractivity contribution in [3.63, 3.8) is 0 Å². The molecule has 5 nitrogen and oxygen atoms in total. The van der Waals surface area contributed by atoms with E-state index in [0.29, 0.717) is 47.0 Å². The van der Waals surface area contributed by atoms with Crippen molar-refractivity contribution in [2.75, 3.05) is 30.5 Å². The first-order valence-corrected chi connectivity index (χ1v) is 10.7. The first-order valence-electron chi connectivity index (χ1n) is 9.96. The van der Waals surface area contributed by atoms with E-state index in [4.69, 9.17) is 32.7 Å². The normalized spacial score (nSPS) is 10.5. The molecule has 0 aliphatic rings. The number of amides is 1. The van der Waals surface area contributed by atoms with Crippen molar-refractivity contribution >= 4 is 46.2 Å². The highest BCUT2D eigenvalue weighted by molar-refractivity contribution is 6.39. The van der Waals surface area contributed by atoms with Crippen LogP contribution in [0.2, 0.25) is 10.0 Å². The molecule has 3 aromatic carbocycles. The van der Waals surface area contributed by atoms with E-state index >= 15 is 0 Å². The molecular weight excluding hydrogens is 435 g/mol. The molecule has 0 atom stereocenters. The molecule has 31 heavy (non-hydrogen) atoms. The van der Waals surface area contributed by atoms with Gasteiger partial charge in [-0.15, -0.1) is 0 Å². The fraction of sp³-hybridized carbons (Fsp3) is 0.208. The van der Waals surface area contributed by atoms with E-state index in [1.165, 1.54) is 0 Å². The van der Waals surface area contributed by atoms with Gasteiger partial charge in [0.05, 0.1) is 28.8 Å². The third kappa shape index (κ3) is 6.89. The molecule has 0 aliphatic carbocycles. The maximum atomic E-state index is 12.7. The summed E-state index contributed by atoms with van der Waals surface area (Å²) in [5.74, 6) is 0.527. The highest BCUT2D eigenvalue weighted by atomic mass is 35.5. The molecule has 3 aromatic rings. The number of nitrogens with one attached hydrogen (secondary N) is 2. The van der Waals surface area contributed by atoms with Crippen molar-refractivity contribution in [3.05, 3.63) is 82.3 Å². The number of benzene rings is 3. The van der Waals surface area contributed by atoms with Crippen LogP contribution in [-0.2, 0) is 16.0 Å². The Morgan fingerprint density at radius 1 is 0.935 bits per heavy atom. The van der Waals surface area contributed by atoms with Crippen LogP contribution in [0, 0.1) is 0 Å². The summed E-state index contributed by atoms with van der Waals surface area (Å²) in [6, 6.07) is 20.1. The largest absolute Gasteiger partial charge is 0.491 e. The van der Waals surface area contributed by atoms with E-state index in [1.807, 2.05) is 49.4 Å². The van der Waals surface area contributed by atoms with Gasteiger partial charge in [-0.1, -0.05) is 53.5 Å². The number of halogens is 2. The predicted octanol–water partition coefficient (Wildman–Crippen LogP) is 6.33. The molecule has 0 saturated carbocycles. The van der Waals surface area contributed by atoms with Gasteiger partial charge in [0.25, 0.3) is 0 Å². The lowest BCUT2D eigenvalue weighted by Gasteiger charge is -2.14. The lowest BCUT2D eigenvalue weighted by Crippen LogP contribution is -2.15. The third-order valence-electron chi connectivity index (χ3n) is 4.41. The van der Waals surface area contributed by atoms with Crippen LogP contribution < -0.4 is 15.4 Å². The summed E-state index contributed by atoms with van der Waals surface area (Å²) in [7, 11) is 0. The number of para-hydroxylation sites is 2. The quantitative estimate of drug-likeness (QED) is 0.348. The van der Waals surface area contributed by atoms with E-state index in [0.717, 1.165) is 11.3 Å². The van der Waals surface area contributed by atoms with E-state index in [1.54, 1.807) is 24.3 Å². The maximum Gasteiger partial charge on any atom is 0.228 e. The second-order valence-corrected chi connectivity index (χ2v) is 7.49. The second kappa shape index (κ2) is 11.6. The smallest absolute Gasteiger partial charge is 0.228 e. The number of rotatable bonds is 10. The number of anilines is 3. The Balaban J connectivity index is 1.65. The van der Waals surface area contributed by atoms with Gasteiger partial charge in [0.1, 0.15) is 12.4 Å². The Labute approximate surface area is 192 Å². The molecule has 0 spiro atoms. The minimum absolute atomic E-state index is 0.147. The zero-order valence-corrected chi connectivity index (χ0v) is 18.7. The highest BCUT2D eigenvalue weighted by Gasteiger charge is 2.12. The Kier molecular flexibility index (Phi) is 8.59. The molecule has 0 fully saturated rings. The number of carbonyl (C=O) groups excluding carboxylic acids is 1. The van der Waals surface area contributed by atoms with Crippen molar-refractivity contribution in [2.45, 2.75) is 13.3 Å². The van der Waals surface area contributed by atoms with E-state index in [2.05, 4.69) is 10.6 Å². The summed E-state index contributed by atoms with van der Waals surface area (Å²) in [5, 5.41) is 7.18. The average molecular weight is 459 g/mol. The minimum atomic E-state index is -0.147. The fourth-order valence-electron chi connectivity index (χ4n) is 2.95. The van der Waals surface area contributed by atoms with E-state index in [9.17, 15) is 4.79 Å². The number of carbonyl (C=O) groups is 1. The molecule has 0 heterocycles. The van der Waals surface area contributed by atoms with Crippen LogP contribution in [0.1, 0.15) is 12.5 Å². The van der Waals surface area contributed by atoms with Crippen LogP contribution >= 0.6 is 23.2 Å². The molecule has 0 aliphatic heterocycles. The molecule has 0 aromatic heterocycles. The van der Waals surface area contributed by atoms with Crippen LogP contribution in [0.3, 0.4) is 0 Å². The fourth-order valence-corrected chi connectivity index (χ4v) is 3.44. The van der Waals surface area contributed by atoms with Gasteiger partial charge >= 0.3 is 0 Å². The van der Waals surface area contributed by atoms with Gasteiger partial charge in [0.15, 0.2) is 0 Å². The van der Waals surface area contributed by atoms with Gasteiger partial charge in [-0.05, 0) is 42.8 Å². The van der Waals surface area contributed by atoms with Gasteiger partial charge in [-0.2, -0.15) is 0 Å². The van der Waals surface area contributed by atoms with Crippen LogP contribution in [0.25, 0.3) is 0 Å². The first kappa shape index (κ1) is 22.9. The lowest BCUT2D eigenvalue weighted by molar-refractivity contribution is -0.115. The second-order valence-electron chi connectivity index (χ2n) is 6.68. The Hall–Kier alpha value is -2.73. The molecular formula is C24H24Cl2N2O3. The summed E-state index contributed by atoms with van der Waals surface area (Å²) in [5.41, 5.74) is 2.86. The Morgan fingerprint density at radius 2 is 1.68 bits per heavy atom. The van der Waals surface area contributed by atoms with Gasteiger partial charge < -0.3 is 20.1 Å². The average Bonchev–Trinajstić information content (AvgIpc) is 2.75. The number of hydrogen-bond donors (Lipinski definition) is 2. The number of ether oxygens (including phenoxy) is 2. The summed E-state index contributed by atoms with van der Waals surface area (Å²) < 4.78 is 10.9. The number of hydrogen-bond acceptors (Lipinski definition) is 4. The van der Waals surface area contributed by atoms with Crippen LogP contribution in [0.4, 0.5) is 17.1 Å². The van der Waals surface area contributed by atoms with Crippen LogP contribution in [0.5, 0.6) is 5.75 Å². The molecule has 0 radical (unpaired) electrons. The minimum Gasteiger partial charge on any atom is -0.491 e. The molecule has 3 rings (SSSR count). The van der Waals surface area contributed by atoms with Gasteiger partial charge in [0, 0.05) is 24.0 Å². The molecule has 0 unspecified atom stereocenters. The first-order chi connectivity index (χ1) is 15.1. The van der Waals surface area contributed by atoms with Gasteiger partial charge in [-0.3, -0.25) is 4.79 Å². The summed E-state index contributed by atoms with van der Waals surface area (Å²) >= 11 is 12.5. The highest BCUT2D eigenvalue weighted by Crippen LogP contribution is 2.33. The van der Waals surface area contributed by atoms with Crippen molar-refractivity contribution in [3.8, 4) is 5.75 Å². The van der Waals surface area contributed by atoms with Gasteiger partial charge in [0.2, 0.25) is 5.91 Å². The molecule has 162 valence electrons. The summed E-state index contributed by atoms with van der Waals surface area (Å²) in [6.45, 7) is 3.56. The molecule has 0 saturated heterocycles. The molecule has 2 N–H and O–H groups in total. The van der Waals surface area contributed by atoms with Crippen LogP contribution in [0.15, 0.2) is 66.7 Å². The van der Waals surface area contributed by atoms with Crippen molar-refractivity contribution in [2.24, 2.45) is 0 Å². The standard InChI is InChI=1S/C24H24Cl2N2O3/c1-2-30-13-14-31-19-9-5-8-18(16-19)27-23(29)15-17-7-3-4-12-22(17)28-24-20(25)10-6-11-21(24)26/h3-12,16,28H,2,13-15H2,1H3,(H,27,29). The third-order valence-corrected chi connectivity index (χ3v) is 5.04. The van der Waals surface area contributed by atoms with Crippen molar-refractivity contribution in [1.29, 1.82) is 0 Å². The topological polar surface area (TPSA) is 59.6 Å². The monoisotopic (exact) mass is 458 g/mol. The zero-order valence-electron chi connectivity index (χ0n) is 17.2.